The van der Waals surface area contributed by atoms with Gasteiger partial charge in [0.25, 0.3) is 11.8 Å². The summed E-state index contributed by atoms with van der Waals surface area (Å²) in [6, 6.07) is 16.9. The highest BCUT2D eigenvalue weighted by molar-refractivity contribution is 5.95. The number of aromatic nitrogens is 3. The van der Waals surface area contributed by atoms with Crippen molar-refractivity contribution in [2.45, 2.75) is 13.5 Å². The summed E-state index contributed by atoms with van der Waals surface area (Å²) >= 11 is 0. The van der Waals surface area contributed by atoms with Crippen LogP contribution in [0.2, 0.25) is 0 Å². The van der Waals surface area contributed by atoms with Crippen LogP contribution in [0.1, 0.15) is 15.9 Å². The number of amides is 1. The van der Waals surface area contributed by atoms with Crippen LogP contribution < -0.4 is 14.8 Å². The number of hydrogen-bond donors (Lipinski definition) is 1. The first kappa shape index (κ1) is 18.9. The summed E-state index contributed by atoms with van der Waals surface area (Å²) in [7, 11) is 0. The molecular formula is C23H20N4O4. The Morgan fingerprint density at radius 1 is 1.10 bits per heavy atom. The number of nitrogens with one attached hydrogen (secondary N) is 1. The number of aryl methyl sites for hydroxylation is 1. The van der Waals surface area contributed by atoms with Crippen molar-refractivity contribution in [3.8, 4) is 34.5 Å². The van der Waals surface area contributed by atoms with Gasteiger partial charge in [-0.05, 0) is 48.9 Å². The Morgan fingerprint density at radius 2 is 1.97 bits per heavy atom. The van der Waals surface area contributed by atoms with Gasteiger partial charge in [-0.2, -0.15) is 4.98 Å². The Morgan fingerprint density at radius 3 is 2.87 bits per heavy atom. The van der Waals surface area contributed by atoms with E-state index in [1.807, 2.05) is 72.3 Å². The molecule has 1 aliphatic rings. The van der Waals surface area contributed by atoms with Crippen molar-refractivity contribution in [3.05, 3.63) is 71.9 Å². The van der Waals surface area contributed by atoms with E-state index in [9.17, 15) is 4.79 Å². The molecule has 4 aromatic rings. The molecule has 0 aliphatic carbocycles. The lowest BCUT2D eigenvalue weighted by atomic mass is 10.1. The topological polar surface area (TPSA) is 91.4 Å². The van der Waals surface area contributed by atoms with Crippen molar-refractivity contribution >= 4 is 5.91 Å². The van der Waals surface area contributed by atoms with E-state index in [1.165, 1.54) is 0 Å². The fourth-order valence-electron chi connectivity index (χ4n) is 3.50. The second-order valence-electron chi connectivity index (χ2n) is 7.15. The zero-order valence-corrected chi connectivity index (χ0v) is 16.9. The third-order valence-corrected chi connectivity index (χ3v) is 5.13. The summed E-state index contributed by atoms with van der Waals surface area (Å²) in [5.41, 5.74) is 3.19. The van der Waals surface area contributed by atoms with Gasteiger partial charge in [-0.25, -0.2) is 0 Å². The Labute approximate surface area is 178 Å². The normalized spacial score (nSPS) is 12.2. The van der Waals surface area contributed by atoms with Crippen LogP contribution in [0.5, 0.6) is 11.5 Å². The number of nitrogens with zero attached hydrogens (tertiary/aromatic N) is 3. The lowest BCUT2D eigenvalue weighted by Gasteiger charge is -2.09. The number of rotatable bonds is 6. The SMILES string of the molecule is Cc1ccccc1C(=O)NCCn1cccc1-c1nc(-c2ccc3c(c2)OCO3)no1. The van der Waals surface area contributed by atoms with Gasteiger partial charge in [0.05, 0.1) is 0 Å². The van der Waals surface area contributed by atoms with Gasteiger partial charge in [0.2, 0.25) is 12.6 Å². The number of benzene rings is 2. The molecule has 0 fully saturated rings. The fourth-order valence-corrected chi connectivity index (χ4v) is 3.50. The minimum Gasteiger partial charge on any atom is -0.454 e. The lowest BCUT2D eigenvalue weighted by molar-refractivity contribution is 0.0951. The molecule has 0 atom stereocenters. The van der Waals surface area contributed by atoms with Crippen molar-refractivity contribution in [1.29, 1.82) is 0 Å². The molecule has 1 N–H and O–H groups in total. The first-order valence-corrected chi connectivity index (χ1v) is 9.92. The summed E-state index contributed by atoms with van der Waals surface area (Å²) in [6.45, 7) is 3.18. The molecule has 2 aromatic carbocycles. The van der Waals surface area contributed by atoms with Crippen LogP contribution in [0.3, 0.4) is 0 Å². The first-order chi connectivity index (χ1) is 15.2. The van der Waals surface area contributed by atoms with Gasteiger partial charge in [0.1, 0.15) is 5.69 Å². The van der Waals surface area contributed by atoms with E-state index in [1.54, 1.807) is 0 Å². The van der Waals surface area contributed by atoms with Gasteiger partial charge >= 0.3 is 0 Å². The maximum atomic E-state index is 12.4. The minimum atomic E-state index is -0.0882. The molecule has 1 amide bonds. The standard InChI is InChI=1S/C23H20N4O4/c1-15-5-2-3-6-17(15)22(28)24-10-12-27-11-4-7-18(27)23-25-21(26-31-23)16-8-9-19-20(13-16)30-14-29-19/h2-9,11,13H,10,12,14H2,1H3,(H,24,28). The van der Waals surface area contributed by atoms with Crippen LogP contribution in [0, 0.1) is 6.92 Å². The van der Waals surface area contributed by atoms with Crippen LogP contribution in [-0.4, -0.2) is 34.0 Å². The first-order valence-electron chi connectivity index (χ1n) is 9.92. The summed E-state index contributed by atoms with van der Waals surface area (Å²) in [5, 5.41) is 7.06. The molecular weight excluding hydrogens is 396 g/mol. The van der Waals surface area contributed by atoms with Crippen LogP contribution in [-0.2, 0) is 6.54 Å². The zero-order valence-electron chi connectivity index (χ0n) is 16.9. The Balaban J connectivity index is 1.27. The summed E-state index contributed by atoms with van der Waals surface area (Å²) < 4.78 is 18.2. The van der Waals surface area contributed by atoms with E-state index in [2.05, 4.69) is 15.5 Å². The Kier molecular flexibility index (Phi) is 4.87. The molecule has 2 aromatic heterocycles. The van der Waals surface area contributed by atoms with Gasteiger partial charge < -0.3 is 23.9 Å². The molecule has 3 heterocycles. The smallest absolute Gasteiger partial charge is 0.274 e. The van der Waals surface area contributed by atoms with E-state index >= 15 is 0 Å². The Bertz CT molecular complexity index is 1240. The van der Waals surface area contributed by atoms with Crippen molar-refractivity contribution in [1.82, 2.24) is 20.0 Å². The van der Waals surface area contributed by atoms with Gasteiger partial charge in [0, 0.05) is 30.4 Å². The molecule has 0 bridgehead atoms. The van der Waals surface area contributed by atoms with Crippen molar-refractivity contribution < 1.29 is 18.8 Å². The molecule has 0 spiro atoms. The second-order valence-corrected chi connectivity index (χ2v) is 7.15. The number of hydrogen-bond acceptors (Lipinski definition) is 6. The molecule has 31 heavy (non-hydrogen) atoms. The second kappa shape index (κ2) is 7.98. The molecule has 156 valence electrons. The number of carbonyl (C=O) groups is 1. The predicted molar refractivity (Wildman–Crippen MR) is 113 cm³/mol. The van der Waals surface area contributed by atoms with E-state index in [0.29, 0.717) is 41.9 Å². The molecule has 0 unspecified atom stereocenters. The van der Waals surface area contributed by atoms with Crippen LogP contribution in [0.4, 0.5) is 0 Å². The third kappa shape index (κ3) is 3.75. The average molecular weight is 416 g/mol. The van der Waals surface area contributed by atoms with Gasteiger partial charge in [-0.1, -0.05) is 23.4 Å². The molecule has 8 nitrogen and oxygen atoms in total. The van der Waals surface area contributed by atoms with E-state index in [0.717, 1.165) is 16.8 Å². The van der Waals surface area contributed by atoms with Crippen molar-refractivity contribution in [3.63, 3.8) is 0 Å². The van der Waals surface area contributed by atoms with Gasteiger partial charge in [-0.3, -0.25) is 4.79 Å². The number of fused-ring (bicyclic) bond motifs is 1. The third-order valence-electron chi connectivity index (χ3n) is 5.13. The maximum absolute atomic E-state index is 12.4. The number of carbonyl (C=O) groups excluding carboxylic acids is 1. The monoisotopic (exact) mass is 416 g/mol. The zero-order chi connectivity index (χ0) is 21.2. The van der Waals surface area contributed by atoms with Crippen LogP contribution in [0.25, 0.3) is 23.0 Å². The van der Waals surface area contributed by atoms with Crippen molar-refractivity contribution in [2.24, 2.45) is 0 Å². The molecule has 8 heteroatoms. The highest BCUT2D eigenvalue weighted by Gasteiger charge is 2.18. The number of ether oxygens (including phenoxy) is 2. The molecule has 5 rings (SSSR count). The van der Waals surface area contributed by atoms with Gasteiger partial charge in [0.15, 0.2) is 11.5 Å². The Hall–Kier alpha value is -4.07. The lowest BCUT2D eigenvalue weighted by Crippen LogP contribution is -2.27. The summed E-state index contributed by atoms with van der Waals surface area (Å²) in [4.78, 5) is 16.9. The van der Waals surface area contributed by atoms with Crippen LogP contribution >= 0.6 is 0 Å². The largest absolute Gasteiger partial charge is 0.454 e. The molecule has 0 saturated heterocycles. The average Bonchev–Trinajstić information content (AvgIpc) is 3.53. The van der Waals surface area contributed by atoms with E-state index < -0.39 is 0 Å². The fraction of sp³-hybridized carbons (Fsp3) is 0.174. The minimum absolute atomic E-state index is 0.0882. The summed E-state index contributed by atoms with van der Waals surface area (Å²) in [5.74, 6) is 2.15. The predicted octanol–water partition coefficient (Wildman–Crippen LogP) is 3.67. The van der Waals surface area contributed by atoms with Crippen LogP contribution in [0.15, 0.2) is 65.3 Å². The highest BCUT2D eigenvalue weighted by atomic mass is 16.7. The van der Waals surface area contributed by atoms with E-state index in [4.69, 9.17) is 14.0 Å². The maximum Gasteiger partial charge on any atom is 0.274 e. The molecule has 0 saturated carbocycles. The molecule has 0 radical (unpaired) electrons. The quantitative estimate of drug-likeness (QED) is 0.516. The van der Waals surface area contributed by atoms with Gasteiger partial charge in [-0.15, -0.1) is 0 Å². The van der Waals surface area contributed by atoms with E-state index in [-0.39, 0.29) is 12.7 Å². The molecule has 1 aliphatic heterocycles. The highest BCUT2D eigenvalue weighted by Crippen LogP contribution is 2.35. The van der Waals surface area contributed by atoms with Crippen molar-refractivity contribution in [2.75, 3.05) is 13.3 Å². The summed E-state index contributed by atoms with van der Waals surface area (Å²) in [6.07, 6.45) is 1.92.